The summed E-state index contributed by atoms with van der Waals surface area (Å²) in [5.41, 5.74) is 2.48. The predicted octanol–water partition coefficient (Wildman–Crippen LogP) is 3.24. The first-order valence-electron chi connectivity index (χ1n) is 8.80. The molecule has 152 valence electrons. The molecule has 1 aromatic carbocycles. The molecule has 8 nitrogen and oxygen atoms in total. The van der Waals surface area contributed by atoms with E-state index in [1.807, 2.05) is 23.8 Å². The van der Waals surface area contributed by atoms with Gasteiger partial charge in [0.15, 0.2) is 17.3 Å². The van der Waals surface area contributed by atoms with Crippen molar-refractivity contribution in [3.63, 3.8) is 0 Å². The van der Waals surface area contributed by atoms with Gasteiger partial charge in [-0.2, -0.15) is 16.4 Å². The van der Waals surface area contributed by atoms with Crippen molar-refractivity contribution < 1.29 is 19.1 Å². The van der Waals surface area contributed by atoms with Crippen LogP contribution < -0.4 is 20.1 Å². The SMILES string of the molecule is COc1cc(C(=O)Nc2cc(C)n(C)n2)cc(NC(=O)Cc2ccsc2)c1OC. The Morgan fingerprint density at radius 2 is 1.97 bits per heavy atom. The van der Waals surface area contributed by atoms with Crippen LogP contribution in [0.1, 0.15) is 21.6 Å². The minimum Gasteiger partial charge on any atom is -0.493 e. The summed E-state index contributed by atoms with van der Waals surface area (Å²) >= 11 is 1.53. The van der Waals surface area contributed by atoms with Crippen molar-refractivity contribution in [2.24, 2.45) is 7.05 Å². The van der Waals surface area contributed by atoms with Crippen LogP contribution >= 0.6 is 11.3 Å². The zero-order valence-electron chi connectivity index (χ0n) is 16.6. The molecule has 0 atom stereocenters. The molecule has 0 aliphatic rings. The number of ether oxygens (including phenoxy) is 2. The summed E-state index contributed by atoms with van der Waals surface area (Å²) in [4.78, 5) is 25.2. The van der Waals surface area contributed by atoms with E-state index in [4.69, 9.17) is 9.47 Å². The number of methoxy groups -OCH3 is 2. The second kappa shape index (κ2) is 8.78. The van der Waals surface area contributed by atoms with Crippen LogP contribution in [0.4, 0.5) is 11.5 Å². The Hall–Kier alpha value is -3.33. The van der Waals surface area contributed by atoms with Gasteiger partial charge in [0, 0.05) is 24.4 Å². The zero-order valence-corrected chi connectivity index (χ0v) is 17.4. The standard InChI is InChI=1S/C20H22N4O4S/c1-12-7-17(23-24(12)2)22-20(26)14-9-15(19(28-4)16(10-14)27-3)21-18(25)8-13-5-6-29-11-13/h5-7,9-11H,8H2,1-4H3,(H,21,25)(H,22,23,26). The number of nitrogens with one attached hydrogen (secondary N) is 2. The normalized spacial score (nSPS) is 10.5. The van der Waals surface area contributed by atoms with Gasteiger partial charge in [-0.15, -0.1) is 0 Å². The lowest BCUT2D eigenvalue weighted by molar-refractivity contribution is -0.115. The zero-order chi connectivity index (χ0) is 21.0. The van der Waals surface area contributed by atoms with E-state index >= 15 is 0 Å². The van der Waals surface area contributed by atoms with Gasteiger partial charge in [0.1, 0.15) is 0 Å². The molecule has 2 N–H and O–H groups in total. The molecule has 0 aliphatic carbocycles. The highest BCUT2D eigenvalue weighted by Crippen LogP contribution is 2.37. The number of aryl methyl sites for hydroxylation is 2. The van der Waals surface area contributed by atoms with Crippen LogP contribution in [0.3, 0.4) is 0 Å². The fraction of sp³-hybridized carbons (Fsp3) is 0.250. The maximum absolute atomic E-state index is 12.7. The van der Waals surface area contributed by atoms with Crippen molar-refractivity contribution >= 4 is 34.7 Å². The molecule has 0 radical (unpaired) electrons. The fourth-order valence-electron chi connectivity index (χ4n) is 2.77. The van der Waals surface area contributed by atoms with Gasteiger partial charge in [-0.1, -0.05) is 0 Å². The first-order valence-corrected chi connectivity index (χ1v) is 9.74. The Bertz CT molecular complexity index is 1010. The smallest absolute Gasteiger partial charge is 0.257 e. The van der Waals surface area contributed by atoms with Crippen LogP contribution in [-0.2, 0) is 18.3 Å². The molecule has 2 aromatic heterocycles. The highest BCUT2D eigenvalue weighted by atomic mass is 32.1. The third-order valence-electron chi connectivity index (χ3n) is 4.32. The van der Waals surface area contributed by atoms with Gasteiger partial charge in [-0.3, -0.25) is 14.3 Å². The van der Waals surface area contributed by atoms with E-state index in [-0.39, 0.29) is 18.2 Å². The summed E-state index contributed by atoms with van der Waals surface area (Å²) in [5, 5.41) is 13.6. The average molecular weight is 414 g/mol. The number of carbonyl (C=O) groups excluding carboxylic acids is 2. The first-order chi connectivity index (χ1) is 13.9. The lowest BCUT2D eigenvalue weighted by Crippen LogP contribution is -2.17. The highest BCUT2D eigenvalue weighted by molar-refractivity contribution is 7.08. The third-order valence-corrected chi connectivity index (χ3v) is 5.05. The molecular formula is C20H22N4O4S. The molecule has 0 fully saturated rings. The molecule has 0 bridgehead atoms. The van der Waals surface area contributed by atoms with Crippen molar-refractivity contribution in [3.8, 4) is 11.5 Å². The number of amides is 2. The Balaban J connectivity index is 1.86. The Labute approximate surface area is 172 Å². The minimum absolute atomic E-state index is 0.221. The maximum atomic E-state index is 12.7. The van der Waals surface area contributed by atoms with Gasteiger partial charge in [-0.25, -0.2) is 0 Å². The van der Waals surface area contributed by atoms with Crippen LogP contribution in [-0.4, -0.2) is 35.8 Å². The van der Waals surface area contributed by atoms with Crippen molar-refractivity contribution in [2.75, 3.05) is 24.9 Å². The molecule has 2 amide bonds. The second-order valence-electron chi connectivity index (χ2n) is 6.36. The van der Waals surface area contributed by atoms with Gasteiger partial charge in [0.2, 0.25) is 5.91 Å². The largest absolute Gasteiger partial charge is 0.493 e. The summed E-state index contributed by atoms with van der Waals surface area (Å²) < 4.78 is 12.4. The van der Waals surface area contributed by atoms with E-state index in [2.05, 4.69) is 15.7 Å². The molecule has 2 heterocycles. The second-order valence-corrected chi connectivity index (χ2v) is 7.14. The molecule has 0 unspecified atom stereocenters. The minimum atomic E-state index is -0.377. The van der Waals surface area contributed by atoms with Gasteiger partial charge in [0.25, 0.3) is 5.91 Å². The van der Waals surface area contributed by atoms with Crippen molar-refractivity contribution in [1.82, 2.24) is 9.78 Å². The molecule has 3 rings (SSSR count). The summed E-state index contributed by atoms with van der Waals surface area (Å²) in [6.07, 6.45) is 0.221. The van der Waals surface area contributed by atoms with Gasteiger partial charge in [-0.05, 0) is 41.4 Å². The van der Waals surface area contributed by atoms with Crippen LogP contribution in [0, 0.1) is 6.92 Å². The lowest BCUT2D eigenvalue weighted by atomic mass is 10.1. The summed E-state index contributed by atoms with van der Waals surface area (Å²) in [7, 11) is 4.74. The van der Waals surface area contributed by atoms with E-state index < -0.39 is 0 Å². The third kappa shape index (κ3) is 4.75. The molecule has 3 aromatic rings. The summed E-state index contributed by atoms with van der Waals surface area (Å²) in [5.74, 6) is 0.520. The Morgan fingerprint density at radius 3 is 2.55 bits per heavy atom. The highest BCUT2D eigenvalue weighted by Gasteiger charge is 2.19. The summed E-state index contributed by atoms with van der Waals surface area (Å²) in [6.45, 7) is 1.89. The number of thiophene rings is 1. The monoisotopic (exact) mass is 414 g/mol. The number of hydrogen-bond donors (Lipinski definition) is 2. The number of nitrogens with zero attached hydrogens (tertiary/aromatic N) is 2. The van der Waals surface area contributed by atoms with E-state index in [1.54, 1.807) is 29.9 Å². The van der Waals surface area contributed by atoms with Gasteiger partial charge in [0.05, 0.1) is 26.3 Å². The van der Waals surface area contributed by atoms with Crippen molar-refractivity contribution in [2.45, 2.75) is 13.3 Å². The van der Waals surface area contributed by atoms with Crippen LogP contribution in [0.2, 0.25) is 0 Å². The van der Waals surface area contributed by atoms with Gasteiger partial charge < -0.3 is 20.1 Å². The quantitative estimate of drug-likeness (QED) is 0.619. The molecule has 9 heteroatoms. The topological polar surface area (TPSA) is 94.5 Å². The number of aromatic nitrogens is 2. The predicted molar refractivity (Wildman–Crippen MR) is 112 cm³/mol. The summed E-state index contributed by atoms with van der Waals surface area (Å²) in [6, 6.07) is 6.76. The van der Waals surface area contributed by atoms with Crippen molar-refractivity contribution in [1.29, 1.82) is 0 Å². The van der Waals surface area contributed by atoms with Crippen LogP contribution in [0.25, 0.3) is 0 Å². The fourth-order valence-corrected chi connectivity index (χ4v) is 3.44. The van der Waals surface area contributed by atoms with E-state index in [1.165, 1.54) is 25.6 Å². The maximum Gasteiger partial charge on any atom is 0.257 e. The van der Waals surface area contributed by atoms with E-state index in [0.717, 1.165) is 11.3 Å². The number of anilines is 2. The van der Waals surface area contributed by atoms with Crippen LogP contribution in [0.5, 0.6) is 11.5 Å². The molecule has 0 aliphatic heterocycles. The molecule has 0 spiro atoms. The number of benzene rings is 1. The van der Waals surface area contributed by atoms with Crippen LogP contribution in [0.15, 0.2) is 35.0 Å². The van der Waals surface area contributed by atoms with Crippen molar-refractivity contribution in [3.05, 3.63) is 51.8 Å². The molecule has 29 heavy (non-hydrogen) atoms. The lowest BCUT2D eigenvalue weighted by Gasteiger charge is -2.15. The Kier molecular flexibility index (Phi) is 6.18. The molecular weight excluding hydrogens is 392 g/mol. The van der Waals surface area contributed by atoms with E-state index in [9.17, 15) is 9.59 Å². The molecule has 0 saturated carbocycles. The number of hydrogen-bond acceptors (Lipinski definition) is 6. The average Bonchev–Trinajstić information content (AvgIpc) is 3.30. The first kappa shape index (κ1) is 20.4. The number of rotatable bonds is 7. The Morgan fingerprint density at radius 1 is 1.17 bits per heavy atom. The van der Waals surface area contributed by atoms with Gasteiger partial charge >= 0.3 is 0 Å². The molecule has 0 saturated heterocycles. The van der Waals surface area contributed by atoms with E-state index in [0.29, 0.717) is 28.6 Å². The number of carbonyl (C=O) groups is 2.